The molecular formula is C80H72N2. The van der Waals surface area contributed by atoms with Gasteiger partial charge in [0.2, 0.25) is 0 Å². The van der Waals surface area contributed by atoms with Crippen molar-refractivity contribution in [2.24, 2.45) is 0 Å². The molecule has 0 N–H and O–H groups in total. The van der Waals surface area contributed by atoms with E-state index in [2.05, 4.69) is 256 Å². The fourth-order valence-corrected chi connectivity index (χ4v) is 17.3. The first kappa shape index (κ1) is 49.6. The Morgan fingerprint density at radius 3 is 1.07 bits per heavy atom. The van der Waals surface area contributed by atoms with Crippen LogP contribution in [0.25, 0.3) is 98.4 Å². The summed E-state index contributed by atoms with van der Waals surface area (Å²) in [6, 6.07) is 84.8. The summed E-state index contributed by atoms with van der Waals surface area (Å²) in [6.07, 6.45) is 14.9. The lowest BCUT2D eigenvalue weighted by molar-refractivity contribution is 0.218. The summed E-state index contributed by atoms with van der Waals surface area (Å²) >= 11 is 0. The number of para-hydroxylation sites is 2. The molecule has 2 nitrogen and oxygen atoms in total. The van der Waals surface area contributed by atoms with E-state index in [1.54, 1.807) is 0 Å². The molecule has 0 aromatic heterocycles. The molecule has 12 aromatic carbocycles. The molecule has 0 saturated heterocycles. The number of nitrogens with zero attached hydrogens (tertiary/aromatic N) is 2. The van der Waals surface area contributed by atoms with E-state index in [4.69, 9.17) is 0 Å². The monoisotopic (exact) mass is 1060 g/mol. The van der Waals surface area contributed by atoms with Gasteiger partial charge >= 0.3 is 0 Å². The van der Waals surface area contributed by atoms with Crippen molar-refractivity contribution in [3.05, 3.63) is 230 Å². The van der Waals surface area contributed by atoms with E-state index in [9.17, 15) is 0 Å². The second-order valence-corrected chi connectivity index (χ2v) is 25.9. The molecule has 402 valence electrons. The van der Waals surface area contributed by atoms with Crippen molar-refractivity contribution in [1.29, 1.82) is 0 Å². The Morgan fingerprint density at radius 2 is 0.646 bits per heavy atom. The van der Waals surface area contributed by atoms with Crippen LogP contribution in [0.4, 0.5) is 22.7 Å². The van der Waals surface area contributed by atoms with E-state index in [1.807, 2.05) is 0 Å². The summed E-state index contributed by atoms with van der Waals surface area (Å²) in [7, 11) is 0. The first-order valence-electron chi connectivity index (χ1n) is 30.9. The summed E-state index contributed by atoms with van der Waals surface area (Å²) in [4.78, 5) is 5.49. The molecule has 2 saturated carbocycles. The van der Waals surface area contributed by atoms with Crippen LogP contribution in [0.15, 0.2) is 218 Å². The van der Waals surface area contributed by atoms with Crippen molar-refractivity contribution < 1.29 is 0 Å². The molecule has 4 atom stereocenters. The maximum absolute atomic E-state index is 2.75. The summed E-state index contributed by atoms with van der Waals surface area (Å²) in [6.45, 7) is 10.4. The Labute approximate surface area is 484 Å². The van der Waals surface area contributed by atoms with Crippen molar-refractivity contribution in [3.63, 3.8) is 0 Å². The van der Waals surface area contributed by atoms with Gasteiger partial charge in [-0.15, -0.1) is 0 Å². The van der Waals surface area contributed by atoms with Gasteiger partial charge in [-0.1, -0.05) is 223 Å². The minimum Gasteiger partial charge on any atom is -0.334 e. The second-order valence-electron chi connectivity index (χ2n) is 25.9. The van der Waals surface area contributed by atoms with Gasteiger partial charge in [0, 0.05) is 33.6 Å². The van der Waals surface area contributed by atoms with Crippen LogP contribution in [0.1, 0.15) is 116 Å². The zero-order valence-electron chi connectivity index (χ0n) is 48.2. The lowest BCUT2D eigenvalue weighted by Crippen LogP contribution is -2.53. The van der Waals surface area contributed by atoms with Crippen LogP contribution >= 0.6 is 0 Å². The van der Waals surface area contributed by atoms with E-state index in [-0.39, 0.29) is 21.9 Å². The average Bonchev–Trinajstić information content (AvgIpc) is 2.04. The van der Waals surface area contributed by atoms with Crippen LogP contribution in [0.5, 0.6) is 0 Å². The van der Waals surface area contributed by atoms with E-state index < -0.39 is 0 Å². The van der Waals surface area contributed by atoms with Gasteiger partial charge < -0.3 is 9.80 Å². The van der Waals surface area contributed by atoms with Gasteiger partial charge in [0.15, 0.2) is 0 Å². The van der Waals surface area contributed by atoms with E-state index in [0.29, 0.717) is 0 Å². The molecule has 4 aliphatic rings. The Kier molecular flexibility index (Phi) is 11.3. The molecule has 2 aliphatic heterocycles. The zero-order chi connectivity index (χ0) is 55.0. The van der Waals surface area contributed by atoms with E-state index >= 15 is 0 Å². The van der Waals surface area contributed by atoms with E-state index in [1.165, 1.54) is 209 Å². The second kappa shape index (κ2) is 18.7. The predicted octanol–water partition coefficient (Wildman–Crippen LogP) is 22.6. The molecule has 0 radical (unpaired) electrons. The molecule has 12 aromatic rings. The lowest BCUT2D eigenvalue weighted by Gasteiger charge is -2.48. The number of hydrogen-bond donors (Lipinski definition) is 0. The van der Waals surface area contributed by atoms with Crippen LogP contribution in [-0.4, -0.2) is 11.1 Å². The van der Waals surface area contributed by atoms with Crippen molar-refractivity contribution in [3.8, 4) is 44.5 Å². The Bertz CT molecular complexity index is 4200. The molecule has 16 rings (SSSR count). The van der Waals surface area contributed by atoms with Gasteiger partial charge in [-0.3, -0.25) is 0 Å². The highest BCUT2D eigenvalue weighted by atomic mass is 15.3. The van der Waals surface area contributed by atoms with Gasteiger partial charge in [0.1, 0.15) is 0 Å². The van der Waals surface area contributed by atoms with Crippen molar-refractivity contribution >= 4 is 76.6 Å². The van der Waals surface area contributed by atoms with Gasteiger partial charge in [-0.2, -0.15) is 0 Å². The van der Waals surface area contributed by atoms with Crippen LogP contribution in [0.3, 0.4) is 0 Å². The molecule has 0 spiro atoms. The van der Waals surface area contributed by atoms with Crippen LogP contribution in [0, 0.1) is 0 Å². The van der Waals surface area contributed by atoms with Gasteiger partial charge in [-0.05, 0) is 210 Å². The Balaban J connectivity index is 1.00. The highest BCUT2D eigenvalue weighted by Gasteiger charge is 2.58. The Hall–Kier alpha value is -8.20. The maximum atomic E-state index is 2.75. The Morgan fingerprint density at radius 1 is 0.280 bits per heavy atom. The van der Waals surface area contributed by atoms with Crippen molar-refractivity contribution in [2.75, 3.05) is 9.80 Å². The first-order chi connectivity index (χ1) is 40.2. The van der Waals surface area contributed by atoms with Crippen LogP contribution in [0.2, 0.25) is 0 Å². The van der Waals surface area contributed by atoms with Crippen LogP contribution < -0.4 is 9.80 Å². The van der Waals surface area contributed by atoms with Crippen LogP contribution in [-0.2, 0) is 10.8 Å². The first-order valence-corrected chi connectivity index (χ1v) is 30.9. The zero-order valence-corrected chi connectivity index (χ0v) is 48.2. The minimum absolute atomic E-state index is 0.0441. The minimum atomic E-state index is -0.0656. The number of rotatable bonds is 6. The number of benzene rings is 12. The third kappa shape index (κ3) is 7.06. The topological polar surface area (TPSA) is 6.48 Å². The quantitative estimate of drug-likeness (QED) is 0.153. The summed E-state index contributed by atoms with van der Waals surface area (Å²) in [5.41, 5.74) is 18.4. The fourth-order valence-electron chi connectivity index (χ4n) is 17.3. The highest BCUT2D eigenvalue weighted by molar-refractivity contribution is 6.33. The average molecular weight is 1060 g/mol. The van der Waals surface area contributed by atoms with Crippen molar-refractivity contribution in [1.82, 2.24) is 0 Å². The maximum Gasteiger partial charge on any atom is 0.0517 e. The molecule has 0 amide bonds. The largest absolute Gasteiger partial charge is 0.334 e. The third-order valence-corrected chi connectivity index (χ3v) is 21.9. The fraction of sp³-hybridized carbons (Fsp3) is 0.250. The normalized spacial score (nSPS) is 22.7. The summed E-state index contributed by atoms with van der Waals surface area (Å²) in [5, 5.41) is 13.0. The molecule has 2 aliphatic carbocycles. The molecule has 4 unspecified atom stereocenters. The summed E-state index contributed by atoms with van der Waals surface area (Å²) in [5.74, 6) is 0. The van der Waals surface area contributed by atoms with Gasteiger partial charge in [-0.25, -0.2) is 0 Å². The smallest absolute Gasteiger partial charge is 0.0517 e. The standard InChI is InChI=1S/C80H72N2/c1-77-45-19-5-7-21-47-79(77,3)81(57-29-11-9-12-30-57)73-43-37-55(49-71(73)77)67-51-69(61-35-23-27-53-25-15-17-33-59(53)61)65-42-40-64-68(52-70(66-41-39-63(67)75(65)76(64)66)62-36-24-28-54-26-16-18-34-60(54)62)56-38-44-74-72(50-56)78(2)46-20-6-8-22-48-80(78,4)82(74)58-31-13-10-14-32-58/h9-18,23-44,49-52H,5-8,19-22,45-48H2,1-4H3. The van der Waals surface area contributed by atoms with Gasteiger partial charge in [0.25, 0.3) is 0 Å². The van der Waals surface area contributed by atoms with Gasteiger partial charge in [0.05, 0.1) is 11.1 Å². The molecule has 82 heavy (non-hydrogen) atoms. The highest BCUT2D eigenvalue weighted by Crippen LogP contribution is 2.63. The third-order valence-electron chi connectivity index (χ3n) is 21.9. The number of hydrogen-bond acceptors (Lipinski definition) is 2. The lowest BCUT2D eigenvalue weighted by atomic mass is 9.63. The van der Waals surface area contributed by atoms with Crippen molar-refractivity contribution in [2.45, 2.75) is 127 Å². The number of fused-ring (bicyclic) bond motifs is 8. The summed E-state index contributed by atoms with van der Waals surface area (Å²) < 4.78 is 0. The molecule has 2 fully saturated rings. The van der Waals surface area contributed by atoms with E-state index in [0.717, 1.165) is 0 Å². The number of anilines is 4. The molecule has 0 bridgehead atoms. The molecular weight excluding hydrogens is 989 g/mol. The SMILES string of the molecule is CC12CCCCCCC1(C)N(c1ccccc1)c1ccc(-c3cc(-c4cccc5ccccc45)c4ccc5c(-c6ccc7c(c6)C6(C)CCCCCCC6(C)N7c6ccccc6)cc(-c6cccc7ccccc67)c6ccc3c4c56)cc12. The molecule has 2 heteroatoms. The predicted molar refractivity (Wildman–Crippen MR) is 351 cm³/mol. The molecule has 2 heterocycles.